The maximum absolute atomic E-state index is 14.7. The summed E-state index contributed by atoms with van der Waals surface area (Å²) in [7, 11) is 0. The van der Waals surface area contributed by atoms with Gasteiger partial charge in [0.15, 0.2) is 11.9 Å². The van der Waals surface area contributed by atoms with E-state index in [1.54, 1.807) is 0 Å². The van der Waals surface area contributed by atoms with Crippen LogP contribution in [-0.4, -0.2) is 54.2 Å². The van der Waals surface area contributed by atoms with E-state index in [9.17, 15) is 13.9 Å². The molecular weight excluding hydrogens is 312 g/mol. The number of imidazole rings is 1. The number of hydrogen-bond acceptors (Lipinski definition) is 7. The van der Waals surface area contributed by atoms with Gasteiger partial charge in [0, 0.05) is 12.4 Å². The highest BCUT2D eigenvalue weighted by atomic mass is 19.1. The molecule has 23 heavy (non-hydrogen) atoms. The summed E-state index contributed by atoms with van der Waals surface area (Å²) in [5, 5.41) is 19.0. The van der Waals surface area contributed by atoms with Gasteiger partial charge in [-0.1, -0.05) is 0 Å². The Morgan fingerprint density at radius 2 is 2.22 bits per heavy atom. The second-order valence-corrected chi connectivity index (χ2v) is 5.45. The van der Waals surface area contributed by atoms with Crippen molar-refractivity contribution in [3.63, 3.8) is 0 Å². The first-order valence-corrected chi connectivity index (χ1v) is 6.79. The third-order valence-corrected chi connectivity index (χ3v) is 3.83. The number of rotatable bonds is 3. The molecule has 0 aliphatic carbocycles. The molecule has 0 aromatic carbocycles. The Morgan fingerprint density at radius 1 is 1.48 bits per heavy atom. The monoisotopic (exact) mass is 327 g/mol. The lowest BCUT2D eigenvalue weighted by Crippen LogP contribution is -2.40. The molecule has 0 saturated carbocycles. The third kappa shape index (κ3) is 2.54. The number of nitrogens with two attached hydrogens (primary N) is 1. The molecule has 0 radical (unpaired) electrons. The van der Waals surface area contributed by atoms with E-state index in [0.29, 0.717) is 5.69 Å². The summed E-state index contributed by atoms with van der Waals surface area (Å²) in [4.78, 5) is 10.9. The van der Waals surface area contributed by atoms with E-state index in [-0.39, 0.29) is 11.4 Å². The summed E-state index contributed by atoms with van der Waals surface area (Å²) in [6.45, 7) is 0.657. The molecule has 1 saturated heterocycles. The van der Waals surface area contributed by atoms with Gasteiger partial charge < -0.3 is 25.3 Å². The van der Waals surface area contributed by atoms with Crippen LogP contribution >= 0.6 is 0 Å². The average molecular weight is 327 g/mol. The standard InChI is InChI=1S/C13H15F2N5O3/c1-13(15)9(22)8(4-21)23-11(13)20-3-7(18-5-20)6-2-17-12(14)19-10(6)16/h2-3,5,8-9,11,21-22H,4H2,1H3,(H2,16,17,19). The van der Waals surface area contributed by atoms with Gasteiger partial charge in [0.05, 0.1) is 24.2 Å². The van der Waals surface area contributed by atoms with Crippen molar-refractivity contribution in [2.45, 2.75) is 31.0 Å². The number of aliphatic hydroxyl groups excluding tert-OH is 2. The number of nitrogens with zero attached hydrogens (tertiary/aromatic N) is 4. The zero-order valence-electron chi connectivity index (χ0n) is 12.1. The van der Waals surface area contributed by atoms with Crippen molar-refractivity contribution in [2.24, 2.45) is 0 Å². The molecule has 2 aromatic rings. The number of nitrogen functional groups attached to an aromatic ring is 1. The molecule has 1 aliphatic heterocycles. The van der Waals surface area contributed by atoms with Gasteiger partial charge in [0.2, 0.25) is 0 Å². The molecule has 10 heteroatoms. The molecule has 4 unspecified atom stereocenters. The van der Waals surface area contributed by atoms with Crippen molar-refractivity contribution in [3.05, 3.63) is 24.8 Å². The normalized spacial score (nSPS) is 30.7. The van der Waals surface area contributed by atoms with E-state index in [2.05, 4.69) is 15.0 Å². The van der Waals surface area contributed by atoms with Crippen LogP contribution in [-0.2, 0) is 4.74 Å². The number of ether oxygens (including phenoxy) is 1. The zero-order valence-corrected chi connectivity index (χ0v) is 12.1. The summed E-state index contributed by atoms with van der Waals surface area (Å²) >= 11 is 0. The molecule has 8 nitrogen and oxygen atoms in total. The number of aromatic nitrogens is 4. The fourth-order valence-corrected chi connectivity index (χ4v) is 2.56. The number of halogens is 2. The van der Waals surface area contributed by atoms with E-state index in [4.69, 9.17) is 15.6 Å². The van der Waals surface area contributed by atoms with Crippen LogP contribution in [0.25, 0.3) is 11.3 Å². The maximum atomic E-state index is 14.7. The third-order valence-electron chi connectivity index (χ3n) is 3.83. The molecule has 124 valence electrons. The smallest absolute Gasteiger partial charge is 0.310 e. The van der Waals surface area contributed by atoms with Crippen LogP contribution in [0, 0.1) is 6.08 Å². The average Bonchev–Trinajstić information content (AvgIpc) is 3.04. The largest absolute Gasteiger partial charge is 0.394 e. The van der Waals surface area contributed by atoms with Gasteiger partial charge in [-0.15, -0.1) is 0 Å². The van der Waals surface area contributed by atoms with E-state index < -0.39 is 36.8 Å². The van der Waals surface area contributed by atoms with Gasteiger partial charge in [-0.2, -0.15) is 9.37 Å². The van der Waals surface area contributed by atoms with Crippen molar-refractivity contribution in [3.8, 4) is 11.3 Å². The molecule has 0 spiro atoms. The van der Waals surface area contributed by atoms with Crippen LogP contribution in [0.3, 0.4) is 0 Å². The molecule has 3 heterocycles. The van der Waals surface area contributed by atoms with Gasteiger partial charge in [-0.05, 0) is 6.92 Å². The Hall–Kier alpha value is -2.17. The zero-order chi connectivity index (χ0) is 16.8. The summed E-state index contributed by atoms with van der Waals surface area (Å²) in [6, 6.07) is 0. The number of aliphatic hydroxyl groups is 2. The molecule has 1 fully saturated rings. The molecular formula is C13H15F2N5O3. The minimum absolute atomic E-state index is 0.105. The van der Waals surface area contributed by atoms with Gasteiger partial charge in [0.25, 0.3) is 0 Å². The van der Waals surface area contributed by atoms with Crippen LogP contribution < -0.4 is 5.73 Å². The van der Waals surface area contributed by atoms with Gasteiger partial charge >= 0.3 is 6.08 Å². The van der Waals surface area contributed by atoms with Crippen LogP contribution in [0.5, 0.6) is 0 Å². The van der Waals surface area contributed by atoms with Crippen LogP contribution in [0.1, 0.15) is 13.2 Å². The molecule has 0 bridgehead atoms. The summed E-state index contributed by atoms with van der Waals surface area (Å²) < 4.78 is 34.2. The molecule has 0 amide bonds. The molecule has 4 atom stereocenters. The molecule has 4 N–H and O–H groups in total. The second kappa shape index (κ2) is 5.48. The van der Waals surface area contributed by atoms with Gasteiger partial charge in [-0.25, -0.2) is 14.4 Å². The first-order chi connectivity index (χ1) is 10.8. The van der Waals surface area contributed by atoms with E-state index >= 15 is 0 Å². The predicted octanol–water partition coefficient (Wildman–Crippen LogP) is 0.0402. The molecule has 2 aromatic heterocycles. The first-order valence-electron chi connectivity index (χ1n) is 6.79. The predicted molar refractivity (Wildman–Crippen MR) is 74.1 cm³/mol. The Balaban J connectivity index is 1.93. The second-order valence-electron chi connectivity index (χ2n) is 5.45. The quantitative estimate of drug-likeness (QED) is 0.681. The highest BCUT2D eigenvalue weighted by molar-refractivity contribution is 5.68. The van der Waals surface area contributed by atoms with Crippen molar-refractivity contribution >= 4 is 5.82 Å². The Morgan fingerprint density at radius 3 is 2.83 bits per heavy atom. The first kappa shape index (κ1) is 15.7. The fourth-order valence-electron chi connectivity index (χ4n) is 2.56. The minimum Gasteiger partial charge on any atom is -0.394 e. The van der Waals surface area contributed by atoms with Crippen molar-refractivity contribution < 1.29 is 23.7 Å². The van der Waals surface area contributed by atoms with E-state index in [1.165, 1.54) is 30.2 Å². The lowest BCUT2D eigenvalue weighted by atomic mass is 9.99. The lowest BCUT2D eigenvalue weighted by Gasteiger charge is -2.24. The van der Waals surface area contributed by atoms with E-state index in [0.717, 1.165) is 0 Å². The summed E-state index contributed by atoms with van der Waals surface area (Å²) in [5.41, 5.74) is 4.06. The highest BCUT2D eigenvalue weighted by Crippen LogP contribution is 2.41. The van der Waals surface area contributed by atoms with Gasteiger partial charge in [0.1, 0.15) is 18.0 Å². The van der Waals surface area contributed by atoms with Crippen molar-refractivity contribution in [1.29, 1.82) is 0 Å². The Kier molecular flexibility index (Phi) is 3.74. The highest BCUT2D eigenvalue weighted by Gasteiger charge is 2.54. The molecule has 1 aliphatic rings. The number of anilines is 1. The summed E-state index contributed by atoms with van der Waals surface area (Å²) in [6.07, 6.45) is -0.800. The minimum atomic E-state index is -2.13. The molecule has 3 rings (SSSR count). The van der Waals surface area contributed by atoms with Gasteiger partial charge in [-0.3, -0.25) is 0 Å². The van der Waals surface area contributed by atoms with Crippen LogP contribution in [0.4, 0.5) is 14.6 Å². The maximum Gasteiger partial charge on any atom is 0.310 e. The lowest BCUT2D eigenvalue weighted by molar-refractivity contribution is -0.0586. The fraction of sp³-hybridized carbons (Fsp3) is 0.462. The number of hydrogen-bond donors (Lipinski definition) is 3. The van der Waals surface area contributed by atoms with Crippen molar-refractivity contribution in [1.82, 2.24) is 19.5 Å². The van der Waals surface area contributed by atoms with E-state index in [1.807, 2.05) is 0 Å². The topological polar surface area (TPSA) is 119 Å². The van der Waals surface area contributed by atoms with Crippen LogP contribution in [0.2, 0.25) is 0 Å². The van der Waals surface area contributed by atoms with Crippen LogP contribution in [0.15, 0.2) is 18.7 Å². The Labute approximate surface area is 129 Å². The van der Waals surface area contributed by atoms with Crippen molar-refractivity contribution in [2.75, 3.05) is 12.3 Å². The summed E-state index contributed by atoms with van der Waals surface area (Å²) in [5.74, 6) is -0.105. The SMILES string of the molecule is CC1(F)C(O)C(CO)OC1n1cnc(-c2cnc(F)nc2N)c1. The Bertz CT molecular complexity index is 723. The number of alkyl halides is 1.